The molecule has 2 aliphatic rings. The predicted molar refractivity (Wildman–Crippen MR) is 211 cm³/mol. The molecule has 5 amide bonds. The van der Waals surface area contributed by atoms with Gasteiger partial charge >= 0.3 is 6.03 Å². The molecule has 2 rings (SSSR count). The fourth-order valence-corrected chi connectivity index (χ4v) is 8.91. The number of hydrogen-bond donors (Lipinski definition) is 4. The molecule has 0 aromatic carbocycles. The lowest BCUT2D eigenvalue weighted by Crippen LogP contribution is -2.65. The van der Waals surface area contributed by atoms with Crippen LogP contribution in [0.5, 0.6) is 0 Å². The molecule has 0 spiro atoms. The third kappa shape index (κ3) is 13.3. The summed E-state index contributed by atoms with van der Waals surface area (Å²) in [6.07, 6.45) is 9.33. The highest BCUT2D eigenvalue weighted by molar-refractivity contribution is 7.92. The number of halogens is 1. The number of urea groups is 1. The van der Waals surface area contributed by atoms with Crippen molar-refractivity contribution < 1.29 is 36.8 Å². The van der Waals surface area contributed by atoms with Crippen LogP contribution in [0.3, 0.4) is 0 Å². The van der Waals surface area contributed by atoms with Gasteiger partial charge in [-0.15, -0.1) is 6.58 Å². The van der Waals surface area contributed by atoms with E-state index in [1.165, 1.54) is 11.0 Å². The Morgan fingerprint density at radius 3 is 1.98 bits per heavy atom. The van der Waals surface area contributed by atoms with Gasteiger partial charge in [0, 0.05) is 13.1 Å². The van der Waals surface area contributed by atoms with Crippen LogP contribution in [-0.2, 0) is 29.0 Å². The van der Waals surface area contributed by atoms with Crippen molar-refractivity contribution in [3.05, 3.63) is 12.7 Å². The van der Waals surface area contributed by atoms with E-state index in [0.29, 0.717) is 25.7 Å². The largest absolute Gasteiger partial charge is 0.346 e. The lowest BCUT2D eigenvalue weighted by Gasteiger charge is -2.45. The summed E-state index contributed by atoms with van der Waals surface area (Å²) < 4.78 is 38.9. The molecule has 0 bridgehead atoms. The Morgan fingerprint density at radius 1 is 0.889 bits per heavy atom. The highest BCUT2D eigenvalue weighted by Gasteiger charge is 2.47. The monoisotopic (exact) mass is 783 g/mol. The smallest absolute Gasteiger partial charge is 0.315 e. The highest BCUT2D eigenvalue weighted by atomic mass is 32.2. The van der Waals surface area contributed by atoms with Crippen molar-refractivity contribution in [2.24, 2.45) is 17.3 Å². The van der Waals surface area contributed by atoms with Crippen LogP contribution < -0.4 is 21.3 Å². The van der Waals surface area contributed by atoms with Crippen LogP contribution in [0.1, 0.15) is 139 Å². The van der Waals surface area contributed by atoms with Crippen molar-refractivity contribution in [1.82, 2.24) is 26.2 Å². The first-order chi connectivity index (χ1) is 25.1. The fourth-order valence-electron chi connectivity index (χ4n) is 7.39. The first kappa shape index (κ1) is 47.1. The van der Waals surface area contributed by atoms with Crippen LogP contribution in [0.2, 0.25) is 0 Å². The van der Waals surface area contributed by atoms with Crippen LogP contribution in [-0.4, -0.2) is 96.8 Å². The van der Waals surface area contributed by atoms with E-state index in [4.69, 9.17) is 0 Å². The summed E-state index contributed by atoms with van der Waals surface area (Å²) in [5, 5.41) is 11.2. The zero-order chi connectivity index (χ0) is 40.9. The number of hydrogen-bond acceptors (Lipinski definition) is 7. The molecule has 2 fully saturated rings. The lowest BCUT2D eigenvalue weighted by molar-refractivity contribution is -0.146. The fraction of sp³-hybridized carbons (Fsp3) is 0.825. The number of Topliss-reactive ketones (excluding diaryl/α,β-unsaturated/α-hetero) is 1. The number of alkyl halides is 1. The Labute approximate surface area is 324 Å². The molecule has 310 valence electrons. The van der Waals surface area contributed by atoms with E-state index >= 15 is 4.79 Å². The number of amides is 5. The topological polar surface area (TPSA) is 171 Å². The second kappa shape index (κ2) is 20.8. The lowest BCUT2D eigenvalue weighted by atomic mass is 9.70. The van der Waals surface area contributed by atoms with E-state index in [2.05, 4.69) is 27.8 Å². The summed E-state index contributed by atoms with van der Waals surface area (Å²) in [6.45, 7) is 17.7. The van der Waals surface area contributed by atoms with Crippen LogP contribution in [0.15, 0.2) is 12.7 Å². The van der Waals surface area contributed by atoms with E-state index in [1.54, 1.807) is 27.7 Å². The minimum absolute atomic E-state index is 0.0359. The molecule has 0 radical (unpaired) electrons. The summed E-state index contributed by atoms with van der Waals surface area (Å²) in [4.78, 5) is 70.4. The van der Waals surface area contributed by atoms with Gasteiger partial charge in [-0.1, -0.05) is 72.3 Å². The van der Waals surface area contributed by atoms with Crippen LogP contribution in [0, 0.1) is 17.3 Å². The van der Waals surface area contributed by atoms with Crippen molar-refractivity contribution >= 4 is 39.4 Å². The zero-order valence-electron chi connectivity index (χ0n) is 34.3. The Hall–Kier alpha value is -3.03. The first-order valence-corrected chi connectivity index (χ1v) is 21.7. The number of unbranched alkanes of at least 4 members (excludes halogenated alkanes) is 1. The SMILES string of the molecule is C=CCNC(=O)C(=O)[C@H](CCCCF)NC(=O)[C@H](C)N(CC(C)C(C)C)C(=O)[C@@H](NC(=O)NC1(CS(=O)(=O)C(C)(C)C)CCCCC1)C1(C)CCCCC1. The molecule has 0 aliphatic heterocycles. The summed E-state index contributed by atoms with van der Waals surface area (Å²) in [7, 11) is -3.60. The number of sulfone groups is 1. The molecule has 4 N–H and O–H groups in total. The number of carbonyl (C=O) groups is 5. The van der Waals surface area contributed by atoms with Gasteiger partial charge in [-0.2, -0.15) is 0 Å². The van der Waals surface area contributed by atoms with Gasteiger partial charge in [0.15, 0.2) is 9.84 Å². The predicted octanol–water partition coefficient (Wildman–Crippen LogP) is 5.55. The van der Waals surface area contributed by atoms with E-state index < -0.39 is 79.9 Å². The van der Waals surface area contributed by atoms with Crippen molar-refractivity contribution in [3.63, 3.8) is 0 Å². The first-order valence-electron chi connectivity index (χ1n) is 20.0. The molecule has 0 aromatic heterocycles. The second-order valence-electron chi connectivity index (χ2n) is 17.5. The van der Waals surface area contributed by atoms with Crippen LogP contribution >= 0.6 is 0 Å². The molecule has 12 nitrogen and oxygen atoms in total. The number of carbonyl (C=O) groups excluding carboxylic acids is 5. The Balaban J connectivity index is 2.52. The summed E-state index contributed by atoms with van der Waals surface area (Å²) in [5.74, 6) is -3.01. The summed E-state index contributed by atoms with van der Waals surface area (Å²) in [6, 6.07) is -4.00. The van der Waals surface area contributed by atoms with Gasteiger partial charge in [-0.3, -0.25) is 23.6 Å². The molecule has 0 saturated heterocycles. The molecular weight excluding hydrogens is 714 g/mol. The standard InChI is InChI=1S/C40H70FN5O7S/c1-10-25-42-35(49)32(47)31(19-13-18-24-41)43-34(48)30(5)46(26-29(4)28(2)3)36(50)33(39(9)20-14-11-15-21-39)44-37(51)45-40(22-16-12-17-23-40)27-54(52,53)38(6,7)8/h10,28-31,33H,1,11-27H2,2-9H3,(H,42,49)(H,43,48)(H2,44,45,51)/t29?,30-,31-,33+/m0/s1. The third-order valence-electron chi connectivity index (χ3n) is 11.7. The average molecular weight is 784 g/mol. The maximum atomic E-state index is 15.0. The highest BCUT2D eigenvalue weighted by Crippen LogP contribution is 2.40. The Morgan fingerprint density at radius 2 is 1.46 bits per heavy atom. The molecular formula is C40H70FN5O7S. The van der Waals surface area contributed by atoms with Crippen molar-refractivity contribution in [1.29, 1.82) is 0 Å². The Bertz CT molecular complexity index is 1400. The van der Waals surface area contributed by atoms with Gasteiger partial charge < -0.3 is 26.2 Å². The van der Waals surface area contributed by atoms with Gasteiger partial charge in [-0.05, 0) is 89.9 Å². The molecule has 2 aliphatic carbocycles. The van der Waals surface area contributed by atoms with Gasteiger partial charge in [0.2, 0.25) is 17.6 Å². The molecule has 4 atom stereocenters. The number of nitrogens with zero attached hydrogens (tertiary/aromatic N) is 1. The minimum Gasteiger partial charge on any atom is -0.346 e. The number of nitrogens with one attached hydrogen (secondary N) is 4. The van der Waals surface area contributed by atoms with Gasteiger partial charge in [0.25, 0.3) is 5.91 Å². The molecule has 1 unspecified atom stereocenters. The summed E-state index contributed by atoms with van der Waals surface area (Å²) in [5.41, 5.74) is -1.65. The van der Waals surface area contributed by atoms with E-state index in [-0.39, 0.29) is 49.9 Å². The third-order valence-corrected chi connectivity index (χ3v) is 14.5. The summed E-state index contributed by atoms with van der Waals surface area (Å²) >= 11 is 0. The average Bonchev–Trinajstić information content (AvgIpc) is 3.10. The van der Waals surface area contributed by atoms with E-state index in [1.807, 2.05) is 27.7 Å². The quantitative estimate of drug-likeness (QED) is 0.0713. The van der Waals surface area contributed by atoms with Gasteiger partial charge in [-0.25, -0.2) is 13.2 Å². The van der Waals surface area contributed by atoms with Crippen molar-refractivity contribution in [2.75, 3.05) is 25.5 Å². The van der Waals surface area contributed by atoms with E-state index in [9.17, 15) is 32.0 Å². The Kier molecular flexibility index (Phi) is 18.1. The van der Waals surface area contributed by atoms with Crippen LogP contribution in [0.25, 0.3) is 0 Å². The normalized spacial score (nSPS) is 19.4. The maximum Gasteiger partial charge on any atom is 0.315 e. The number of ketones is 1. The molecule has 54 heavy (non-hydrogen) atoms. The zero-order valence-corrected chi connectivity index (χ0v) is 35.1. The molecule has 0 aromatic rings. The van der Waals surface area contributed by atoms with Gasteiger partial charge in [0.05, 0.1) is 28.8 Å². The van der Waals surface area contributed by atoms with Crippen molar-refractivity contribution in [2.45, 2.75) is 167 Å². The van der Waals surface area contributed by atoms with E-state index in [0.717, 1.165) is 38.5 Å². The van der Waals surface area contributed by atoms with Crippen molar-refractivity contribution in [3.8, 4) is 0 Å². The second-order valence-corrected chi connectivity index (χ2v) is 20.2. The molecule has 14 heteroatoms. The maximum absolute atomic E-state index is 15.0. The molecule has 0 heterocycles. The van der Waals surface area contributed by atoms with Crippen LogP contribution in [0.4, 0.5) is 9.18 Å². The number of rotatable bonds is 20. The molecule has 2 saturated carbocycles. The minimum atomic E-state index is -3.60. The van der Waals surface area contributed by atoms with Gasteiger partial charge in [0.1, 0.15) is 12.1 Å².